The van der Waals surface area contributed by atoms with Crippen molar-refractivity contribution < 1.29 is 0 Å². The highest BCUT2D eigenvalue weighted by Crippen LogP contribution is 2.07. The summed E-state index contributed by atoms with van der Waals surface area (Å²) in [5.74, 6) is 0. The van der Waals surface area contributed by atoms with Crippen molar-refractivity contribution in [3.05, 3.63) is 24.0 Å². The van der Waals surface area contributed by atoms with Crippen LogP contribution in [-0.4, -0.2) is 30.4 Å². The van der Waals surface area contributed by atoms with Crippen LogP contribution >= 0.6 is 0 Å². The van der Waals surface area contributed by atoms with Gasteiger partial charge in [-0.3, -0.25) is 4.90 Å². The Kier molecular flexibility index (Phi) is 2.17. The van der Waals surface area contributed by atoms with Gasteiger partial charge in [-0.1, -0.05) is 0 Å². The van der Waals surface area contributed by atoms with Crippen LogP contribution in [0.1, 0.15) is 0 Å². The van der Waals surface area contributed by atoms with E-state index in [-0.39, 0.29) is 0 Å². The molecule has 11 heavy (non-hydrogen) atoms. The number of likely N-dealkylation sites (N-methyl/N-ethyl adjacent to an activating group) is 1. The van der Waals surface area contributed by atoms with Crippen LogP contribution in [0.25, 0.3) is 0 Å². The molecule has 0 radical (unpaired) electrons. The minimum absolute atomic E-state index is 0.681. The van der Waals surface area contributed by atoms with E-state index in [1.807, 2.05) is 37.3 Å². The number of allylic oxidation sites excluding steroid dienone is 1. The topological polar surface area (TPSA) is 30.3 Å². The third kappa shape index (κ3) is 1.74. The van der Waals surface area contributed by atoms with E-state index in [2.05, 4.69) is 0 Å². The molecule has 0 N–H and O–H groups in total. The second-order valence-corrected chi connectivity index (χ2v) is 2.59. The van der Waals surface area contributed by atoms with E-state index < -0.39 is 0 Å². The van der Waals surface area contributed by atoms with Crippen LogP contribution < -0.4 is 0 Å². The third-order valence-corrected chi connectivity index (χ3v) is 1.57. The molecule has 0 aromatic carbocycles. The molecule has 1 aliphatic rings. The monoisotopic (exact) mass is 149 g/mol. The predicted molar refractivity (Wildman–Crippen MR) is 43.2 cm³/mol. The van der Waals surface area contributed by atoms with Gasteiger partial charge < -0.3 is 4.90 Å². The SMILES string of the molecule is CN(C)C1=CCN(C#N)C=C1. The van der Waals surface area contributed by atoms with Crippen LogP contribution in [0.3, 0.4) is 0 Å². The lowest BCUT2D eigenvalue weighted by molar-refractivity contribution is 0.498. The largest absolute Gasteiger partial charge is 0.378 e. The van der Waals surface area contributed by atoms with Gasteiger partial charge in [0.05, 0.1) is 6.54 Å². The molecule has 0 fully saturated rings. The summed E-state index contributed by atoms with van der Waals surface area (Å²) in [4.78, 5) is 3.60. The van der Waals surface area contributed by atoms with Crippen LogP contribution in [0.4, 0.5) is 0 Å². The molecule has 3 heteroatoms. The van der Waals surface area contributed by atoms with Gasteiger partial charge in [-0.05, 0) is 12.2 Å². The van der Waals surface area contributed by atoms with E-state index in [1.54, 1.807) is 11.1 Å². The predicted octanol–water partition coefficient (Wildman–Crippen LogP) is 0.742. The first-order valence-electron chi connectivity index (χ1n) is 3.46. The van der Waals surface area contributed by atoms with Gasteiger partial charge in [0.15, 0.2) is 6.19 Å². The van der Waals surface area contributed by atoms with E-state index in [9.17, 15) is 0 Å². The molecule has 0 saturated carbocycles. The van der Waals surface area contributed by atoms with Crippen LogP contribution in [-0.2, 0) is 0 Å². The summed E-state index contributed by atoms with van der Waals surface area (Å²) in [7, 11) is 3.97. The van der Waals surface area contributed by atoms with E-state index in [1.165, 1.54) is 0 Å². The second kappa shape index (κ2) is 3.11. The van der Waals surface area contributed by atoms with Gasteiger partial charge in [-0.2, -0.15) is 5.26 Å². The molecule has 0 aromatic heterocycles. The molecule has 0 aromatic rings. The highest BCUT2D eigenvalue weighted by atomic mass is 15.1. The molecule has 1 aliphatic heterocycles. The molecule has 1 heterocycles. The molecule has 0 spiro atoms. The zero-order valence-electron chi connectivity index (χ0n) is 6.78. The van der Waals surface area contributed by atoms with Crippen LogP contribution in [0.2, 0.25) is 0 Å². The first-order chi connectivity index (χ1) is 5.24. The van der Waals surface area contributed by atoms with E-state index in [4.69, 9.17) is 5.26 Å². The molecule has 3 nitrogen and oxygen atoms in total. The maximum Gasteiger partial charge on any atom is 0.184 e. The van der Waals surface area contributed by atoms with Crippen molar-refractivity contribution in [3.63, 3.8) is 0 Å². The average molecular weight is 149 g/mol. The molecule has 1 rings (SSSR count). The van der Waals surface area contributed by atoms with E-state index >= 15 is 0 Å². The van der Waals surface area contributed by atoms with Gasteiger partial charge in [0.2, 0.25) is 0 Å². The Bertz CT molecular complexity index is 232. The lowest BCUT2D eigenvalue weighted by Crippen LogP contribution is -2.18. The van der Waals surface area contributed by atoms with Crippen molar-refractivity contribution in [1.29, 1.82) is 5.26 Å². The Balaban J connectivity index is 2.61. The molecular weight excluding hydrogens is 138 g/mol. The number of nitrogens with zero attached hydrogens (tertiary/aromatic N) is 3. The Labute approximate surface area is 66.8 Å². The quantitative estimate of drug-likeness (QED) is 0.515. The molecule has 58 valence electrons. The molecule has 0 aliphatic carbocycles. The molecule has 0 saturated heterocycles. The summed E-state index contributed by atoms with van der Waals surface area (Å²) < 4.78 is 0. The maximum absolute atomic E-state index is 8.50. The summed E-state index contributed by atoms with van der Waals surface area (Å²) in [5.41, 5.74) is 1.15. The molecule has 0 unspecified atom stereocenters. The Morgan fingerprint density at radius 1 is 1.64 bits per heavy atom. The summed E-state index contributed by atoms with van der Waals surface area (Å²) in [5, 5.41) is 8.50. The van der Waals surface area contributed by atoms with Gasteiger partial charge in [0.25, 0.3) is 0 Å². The minimum Gasteiger partial charge on any atom is -0.378 e. The average Bonchev–Trinajstić information content (AvgIpc) is 2.05. The fourth-order valence-corrected chi connectivity index (χ4v) is 0.893. The maximum atomic E-state index is 8.50. The van der Waals surface area contributed by atoms with Crippen molar-refractivity contribution in [1.82, 2.24) is 9.80 Å². The van der Waals surface area contributed by atoms with Crippen molar-refractivity contribution >= 4 is 0 Å². The summed E-state index contributed by atoms with van der Waals surface area (Å²) >= 11 is 0. The lowest BCUT2D eigenvalue weighted by Gasteiger charge is -2.19. The first-order valence-corrected chi connectivity index (χ1v) is 3.46. The van der Waals surface area contributed by atoms with Crippen LogP contribution in [0.5, 0.6) is 0 Å². The normalized spacial score (nSPS) is 15.7. The highest BCUT2D eigenvalue weighted by molar-refractivity contribution is 5.22. The smallest absolute Gasteiger partial charge is 0.184 e. The van der Waals surface area contributed by atoms with E-state index in [0.29, 0.717) is 6.54 Å². The van der Waals surface area contributed by atoms with Crippen LogP contribution in [0, 0.1) is 11.5 Å². The van der Waals surface area contributed by atoms with Crippen molar-refractivity contribution in [2.75, 3.05) is 20.6 Å². The first kappa shape index (κ1) is 7.67. The Morgan fingerprint density at radius 3 is 2.73 bits per heavy atom. The molecular formula is C8H11N3. The Hall–Kier alpha value is -1.43. The second-order valence-electron chi connectivity index (χ2n) is 2.59. The van der Waals surface area contributed by atoms with Gasteiger partial charge >= 0.3 is 0 Å². The number of hydrogen-bond acceptors (Lipinski definition) is 3. The fourth-order valence-electron chi connectivity index (χ4n) is 0.893. The molecule has 0 atom stereocenters. The lowest BCUT2D eigenvalue weighted by atomic mass is 10.3. The molecule has 0 amide bonds. The minimum atomic E-state index is 0.681. The fraction of sp³-hybridized carbons (Fsp3) is 0.375. The van der Waals surface area contributed by atoms with E-state index in [0.717, 1.165) is 5.70 Å². The summed E-state index contributed by atoms with van der Waals surface area (Å²) in [6, 6.07) is 0. The van der Waals surface area contributed by atoms with Crippen molar-refractivity contribution in [2.45, 2.75) is 0 Å². The van der Waals surface area contributed by atoms with Crippen molar-refractivity contribution in [2.24, 2.45) is 0 Å². The summed E-state index contributed by atoms with van der Waals surface area (Å²) in [6.45, 7) is 0.681. The number of rotatable bonds is 1. The standard InChI is InChI=1S/C8H11N3/c1-10(2)8-3-5-11(7-9)6-4-8/h3-5H,6H2,1-2H3. The number of nitriles is 1. The van der Waals surface area contributed by atoms with Gasteiger partial charge in [0.1, 0.15) is 0 Å². The third-order valence-electron chi connectivity index (χ3n) is 1.57. The number of hydrogen-bond donors (Lipinski definition) is 0. The van der Waals surface area contributed by atoms with Gasteiger partial charge in [-0.15, -0.1) is 0 Å². The zero-order chi connectivity index (χ0) is 8.27. The Morgan fingerprint density at radius 2 is 2.36 bits per heavy atom. The van der Waals surface area contributed by atoms with Crippen LogP contribution in [0.15, 0.2) is 24.0 Å². The summed E-state index contributed by atoms with van der Waals surface area (Å²) in [6.07, 6.45) is 7.77. The molecule has 0 bridgehead atoms. The van der Waals surface area contributed by atoms with Crippen molar-refractivity contribution in [3.8, 4) is 6.19 Å². The van der Waals surface area contributed by atoms with Gasteiger partial charge in [0, 0.05) is 26.0 Å². The highest BCUT2D eigenvalue weighted by Gasteiger charge is 2.03. The van der Waals surface area contributed by atoms with Gasteiger partial charge in [-0.25, -0.2) is 0 Å². The zero-order valence-corrected chi connectivity index (χ0v) is 6.78.